The van der Waals surface area contributed by atoms with Crippen molar-refractivity contribution < 1.29 is 29.1 Å². The van der Waals surface area contributed by atoms with Crippen molar-refractivity contribution in [2.24, 2.45) is 11.1 Å². The number of carbonyl (C=O) groups is 4. The molecule has 1 spiro atoms. The Morgan fingerprint density at radius 2 is 1.85 bits per heavy atom. The van der Waals surface area contributed by atoms with Crippen LogP contribution in [0.4, 0.5) is 0 Å². The maximum Gasteiger partial charge on any atom is 0.251 e. The van der Waals surface area contributed by atoms with Gasteiger partial charge >= 0.3 is 0 Å². The van der Waals surface area contributed by atoms with Crippen molar-refractivity contribution in [3.63, 3.8) is 0 Å². The number of hydrogen-bond acceptors (Lipinski definition) is 8. The molecule has 3 aromatic rings. The van der Waals surface area contributed by atoms with Gasteiger partial charge in [-0.05, 0) is 72.6 Å². The number of aliphatic hydroxyl groups is 1. The van der Waals surface area contributed by atoms with Gasteiger partial charge in [-0.1, -0.05) is 79.7 Å². The van der Waals surface area contributed by atoms with Crippen LogP contribution in [0.2, 0.25) is 5.02 Å². The molecule has 2 unspecified atom stereocenters. The number of hydrogen-bond donors (Lipinski definition) is 4. The van der Waals surface area contributed by atoms with Crippen molar-refractivity contribution in [2.75, 3.05) is 6.54 Å². The van der Waals surface area contributed by atoms with Crippen LogP contribution in [0.1, 0.15) is 95.1 Å². The molecule has 1 saturated heterocycles. The second-order valence-electron chi connectivity index (χ2n) is 15.6. The molecule has 3 heterocycles. The molecule has 288 valence electrons. The summed E-state index contributed by atoms with van der Waals surface area (Å²) in [4.78, 5) is 63.6. The molecule has 2 aromatic carbocycles. The third-order valence-electron chi connectivity index (χ3n) is 11.3. The van der Waals surface area contributed by atoms with Gasteiger partial charge in [0.05, 0.1) is 18.3 Å². The fourth-order valence-electron chi connectivity index (χ4n) is 8.27. The summed E-state index contributed by atoms with van der Waals surface area (Å²) in [5.74, 6) is -1.30. The summed E-state index contributed by atoms with van der Waals surface area (Å²) in [6.07, 6.45) is 7.68. The lowest BCUT2D eigenvalue weighted by molar-refractivity contribution is -0.142. The number of carbonyl (C=O) groups excluding carboxylic acids is 4. The van der Waals surface area contributed by atoms with E-state index in [9.17, 15) is 24.3 Å². The first-order valence-corrected chi connectivity index (χ1v) is 20.7. The van der Waals surface area contributed by atoms with Crippen LogP contribution in [-0.4, -0.2) is 81.8 Å². The first kappa shape index (κ1) is 38.3. The van der Waals surface area contributed by atoms with Gasteiger partial charge in [-0.2, -0.15) is 0 Å². The van der Waals surface area contributed by atoms with Gasteiger partial charge in [-0.3, -0.25) is 19.2 Å². The zero-order valence-electron chi connectivity index (χ0n) is 30.7. The number of thiophene rings is 1. The maximum atomic E-state index is 15.0. The van der Waals surface area contributed by atoms with E-state index in [4.69, 9.17) is 16.4 Å². The average Bonchev–Trinajstić information content (AvgIpc) is 3.56. The van der Waals surface area contributed by atoms with Gasteiger partial charge in [0, 0.05) is 47.0 Å². The molecular weight excluding hydrogens is 726 g/mol. The number of benzene rings is 2. The summed E-state index contributed by atoms with van der Waals surface area (Å²) in [7, 11) is 0. The van der Waals surface area contributed by atoms with Gasteiger partial charge in [-0.25, -0.2) is 0 Å². The largest absolute Gasteiger partial charge is 0.387 e. The fourth-order valence-corrected chi connectivity index (χ4v) is 9.43. The normalized spacial score (nSPS) is 23.1. The minimum Gasteiger partial charge on any atom is -0.387 e. The Morgan fingerprint density at radius 3 is 2.61 bits per heavy atom. The van der Waals surface area contributed by atoms with E-state index in [1.54, 1.807) is 23.5 Å². The van der Waals surface area contributed by atoms with Crippen molar-refractivity contribution in [3.05, 3.63) is 70.1 Å². The van der Waals surface area contributed by atoms with Gasteiger partial charge in [-0.15, -0.1) is 11.3 Å². The lowest BCUT2D eigenvalue weighted by Crippen LogP contribution is -2.57. The van der Waals surface area contributed by atoms with Crippen LogP contribution in [0, 0.1) is 5.92 Å². The predicted molar refractivity (Wildman–Crippen MR) is 209 cm³/mol. The first-order chi connectivity index (χ1) is 26.1. The Morgan fingerprint density at radius 1 is 1.06 bits per heavy atom. The van der Waals surface area contributed by atoms with E-state index >= 15 is 0 Å². The molecule has 1 aromatic heterocycles. The van der Waals surface area contributed by atoms with Crippen molar-refractivity contribution in [2.45, 2.75) is 126 Å². The van der Waals surface area contributed by atoms with Crippen LogP contribution >= 0.6 is 22.9 Å². The highest BCUT2D eigenvalue weighted by Crippen LogP contribution is 2.40. The van der Waals surface area contributed by atoms with Crippen LogP contribution in [0.3, 0.4) is 0 Å². The SMILES string of the molecule is CCC[C@@H](NC(=O)[C@@H]1C[C@]2(CC(c3cccc(Cl)c3)=NO2)CN1C(=O)C(Cc1csc2ccccc12)NC(=O)CC1CCCCC1)C(O)C(=O)NC1CC1. The quantitative estimate of drug-likeness (QED) is 0.167. The Kier molecular flexibility index (Phi) is 11.9. The molecule has 2 saturated carbocycles. The molecule has 5 atom stereocenters. The minimum atomic E-state index is -1.45. The number of rotatable bonds is 14. The van der Waals surface area contributed by atoms with Crippen molar-refractivity contribution >= 4 is 62.4 Å². The standard InChI is InChI=1S/C41H50ClN5O6S/c1-2-9-31(37(49)39(51)43-29-16-17-29)45-38(50)34-22-41(21-33(46-53-41)26-12-8-13-28(42)19-26)24-47(34)40(52)32(44-36(48)18-25-10-4-3-5-11-25)20-27-23-54-35-15-7-6-14-30(27)35/h6-8,12-15,19,23,25,29,31-32,34,37,49H,2-5,9-11,16-18,20-22,24H2,1H3,(H,43,51)(H,44,48)(H,45,50)/t31-,32?,34+,37?,41-/m1/s1. The number of aliphatic hydroxyl groups excluding tert-OH is 1. The molecule has 4 aliphatic rings. The summed E-state index contributed by atoms with van der Waals surface area (Å²) >= 11 is 7.89. The molecule has 0 radical (unpaired) electrons. The molecule has 4 amide bonds. The molecular formula is C41H50ClN5O6S. The van der Waals surface area contributed by atoms with E-state index in [-0.39, 0.29) is 37.3 Å². The van der Waals surface area contributed by atoms with Gasteiger partial charge in [0.2, 0.25) is 17.7 Å². The smallest absolute Gasteiger partial charge is 0.251 e. The highest BCUT2D eigenvalue weighted by Gasteiger charge is 2.55. The molecule has 0 bridgehead atoms. The van der Waals surface area contributed by atoms with Crippen molar-refractivity contribution in [3.8, 4) is 0 Å². The van der Waals surface area contributed by atoms with Gasteiger partial charge in [0.1, 0.15) is 12.1 Å². The average molecular weight is 776 g/mol. The maximum absolute atomic E-state index is 15.0. The minimum absolute atomic E-state index is 0.0479. The summed E-state index contributed by atoms with van der Waals surface area (Å²) in [5, 5.41) is 28.0. The summed E-state index contributed by atoms with van der Waals surface area (Å²) in [6, 6.07) is 12.5. The number of nitrogens with zero attached hydrogens (tertiary/aromatic N) is 2. The molecule has 4 N–H and O–H groups in total. The van der Waals surface area contributed by atoms with Crippen LogP contribution in [0.15, 0.2) is 59.1 Å². The second-order valence-corrected chi connectivity index (χ2v) is 17.0. The number of halogens is 1. The van der Waals surface area contributed by atoms with Crippen molar-refractivity contribution in [1.82, 2.24) is 20.9 Å². The zero-order chi connectivity index (χ0) is 37.8. The van der Waals surface area contributed by atoms with Gasteiger partial charge in [0.15, 0.2) is 11.7 Å². The molecule has 13 heteroatoms. The Labute approximate surface area is 325 Å². The van der Waals surface area contributed by atoms with Crippen LogP contribution in [-0.2, 0) is 30.4 Å². The van der Waals surface area contributed by atoms with Crippen molar-refractivity contribution in [1.29, 1.82) is 0 Å². The molecule has 3 fully saturated rings. The Hall–Kier alpha value is -4.00. The van der Waals surface area contributed by atoms with E-state index < -0.39 is 47.6 Å². The first-order valence-electron chi connectivity index (χ1n) is 19.5. The fraction of sp³-hybridized carbons (Fsp3) is 0.537. The Bertz CT molecular complexity index is 1890. The predicted octanol–water partition coefficient (Wildman–Crippen LogP) is 5.64. The van der Waals surface area contributed by atoms with Gasteiger partial charge < -0.3 is 30.8 Å². The van der Waals surface area contributed by atoms with E-state index in [1.807, 2.05) is 48.7 Å². The third-order valence-corrected chi connectivity index (χ3v) is 12.5. The summed E-state index contributed by atoms with van der Waals surface area (Å²) in [5.41, 5.74) is 1.38. The molecule has 2 aliphatic carbocycles. The number of fused-ring (bicyclic) bond motifs is 1. The topological polar surface area (TPSA) is 149 Å². The third kappa shape index (κ3) is 8.92. The van der Waals surface area contributed by atoms with E-state index in [1.165, 1.54) is 11.3 Å². The number of oxime groups is 1. The number of nitrogens with one attached hydrogen (secondary N) is 3. The van der Waals surface area contributed by atoms with E-state index in [0.29, 0.717) is 36.4 Å². The lowest BCUT2D eigenvalue weighted by Gasteiger charge is -2.31. The molecule has 7 rings (SSSR count). The monoisotopic (exact) mass is 775 g/mol. The second kappa shape index (κ2) is 16.8. The number of likely N-dealkylation sites (tertiary alicyclic amines) is 1. The lowest BCUT2D eigenvalue weighted by atomic mass is 9.86. The van der Waals surface area contributed by atoms with Gasteiger partial charge in [0.25, 0.3) is 5.91 Å². The van der Waals surface area contributed by atoms with E-state index in [0.717, 1.165) is 59.7 Å². The zero-order valence-corrected chi connectivity index (χ0v) is 32.3. The van der Waals surface area contributed by atoms with Crippen LogP contribution < -0.4 is 16.0 Å². The van der Waals surface area contributed by atoms with E-state index in [2.05, 4.69) is 21.1 Å². The molecule has 54 heavy (non-hydrogen) atoms. The molecule has 11 nitrogen and oxygen atoms in total. The summed E-state index contributed by atoms with van der Waals surface area (Å²) in [6.45, 7) is 1.97. The summed E-state index contributed by atoms with van der Waals surface area (Å²) < 4.78 is 1.08. The molecule has 2 aliphatic heterocycles. The van der Waals surface area contributed by atoms with Crippen LogP contribution in [0.25, 0.3) is 10.1 Å². The highest BCUT2D eigenvalue weighted by molar-refractivity contribution is 7.17. The number of amides is 4. The Balaban J connectivity index is 1.17. The van der Waals surface area contributed by atoms with Crippen LogP contribution in [0.5, 0.6) is 0 Å². The highest BCUT2D eigenvalue weighted by atomic mass is 35.5.